The third-order valence-electron chi connectivity index (χ3n) is 3.25. The van der Waals surface area contributed by atoms with Crippen LogP contribution >= 0.6 is 11.8 Å². The SMILES string of the molecule is CCCNc1nc(NCC2(C)CCCS2)nc(OC)n1. The molecule has 1 saturated heterocycles. The van der Waals surface area contributed by atoms with Gasteiger partial charge in [-0.2, -0.15) is 26.7 Å². The van der Waals surface area contributed by atoms with Crippen LogP contribution in [0.5, 0.6) is 6.01 Å². The molecule has 1 aliphatic heterocycles. The van der Waals surface area contributed by atoms with Crippen LogP contribution in [0.2, 0.25) is 0 Å². The van der Waals surface area contributed by atoms with E-state index in [-0.39, 0.29) is 4.75 Å². The molecule has 0 aromatic carbocycles. The van der Waals surface area contributed by atoms with E-state index in [1.54, 1.807) is 7.11 Å². The van der Waals surface area contributed by atoms with E-state index in [1.165, 1.54) is 18.6 Å². The fourth-order valence-electron chi connectivity index (χ4n) is 2.09. The van der Waals surface area contributed by atoms with Crippen LogP contribution in [0, 0.1) is 0 Å². The predicted molar refractivity (Wildman–Crippen MR) is 83.7 cm³/mol. The monoisotopic (exact) mass is 297 g/mol. The van der Waals surface area contributed by atoms with Gasteiger partial charge in [-0.3, -0.25) is 0 Å². The molecule has 112 valence electrons. The van der Waals surface area contributed by atoms with Crippen molar-refractivity contribution in [2.24, 2.45) is 0 Å². The largest absolute Gasteiger partial charge is 0.467 e. The number of aromatic nitrogens is 3. The second-order valence-corrected chi connectivity index (χ2v) is 6.83. The van der Waals surface area contributed by atoms with Gasteiger partial charge >= 0.3 is 6.01 Å². The summed E-state index contributed by atoms with van der Waals surface area (Å²) in [6.45, 7) is 6.08. The van der Waals surface area contributed by atoms with E-state index in [1.807, 2.05) is 11.8 Å². The summed E-state index contributed by atoms with van der Waals surface area (Å²) in [7, 11) is 1.57. The van der Waals surface area contributed by atoms with Gasteiger partial charge in [0.05, 0.1) is 7.11 Å². The maximum atomic E-state index is 5.13. The van der Waals surface area contributed by atoms with E-state index in [4.69, 9.17) is 4.74 Å². The molecule has 6 nitrogen and oxygen atoms in total. The van der Waals surface area contributed by atoms with Gasteiger partial charge in [0, 0.05) is 17.8 Å². The molecule has 2 N–H and O–H groups in total. The zero-order valence-corrected chi connectivity index (χ0v) is 13.2. The summed E-state index contributed by atoms with van der Waals surface area (Å²) in [6, 6.07) is 0.338. The first kappa shape index (κ1) is 15.2. The molecule has 0 spiro atoms. The van der Waals surface area contributed by atoms with Crippen molar-refractivity contribution in [2.75, 3.05) is 36.6 Å². The molecule has 1 atom stereocenters. The maximum absolute atomic E-state index is 5.13. The topological polar surface area (TPSA) is 72.0 Å². The Bertz CT molecular complexity index is 437. The lowest BCUT2D eigenvalue weighted by atomic mass is 10.1. The molecule has 0 saturated carbocycles. The Balaban J connectivity index is 2.01. The fraction of sp³-hybridized carbons (Fsp3) is 0.769. The number of hydrogen-bond acceptors (Lipinski definition) is 7. The summed E-state index contributed by atoms with van der Waals surface area (Å²) in [5.41, 5.74) is 0. The molecule has 1 aromatic rings. The standard InChI is InChI=1S/C13H23N5OS/c1-4-7-14-10-16-11(18-12(17-10)19-3)15-9-13(2)6-5-8-20-13/h4-9H2,1-3H3,(H2,14,15,16,17,18). The van der Waals surface area contributed by atoms with Crippen LogP contribution in [0.25, 0.3) is 0 Å². The van der Waals surface area contributed by atoms with Gasteiger partial charge in [0.15, 0.2) is 0 Å². The van der Waals surface area contributed by atoms with E-state index in [0.29, 0.717) is 17.9 Å². The molecule has 0 bridgehead atoms. The van der Waals surface area contributed by atoms with E-state index in [9.17, 15) is 0 Å². The minimum atomic E-state index is 0.275. The van der Waals surface area contributed by atoms with Crippen molar-refractivity contribution in [2.45, 2.75) is 37.9 Å². The minimum Gasteiger partial charge on any atom is -0.467 e. The lowest BCUT2D eigenvalue weighted by Gasteiger charge is -2.22. The van der Waals surface area contributed by atoms with Crippen LogP contribution in [0.4, 0.5) is 11.9 Å². The van der Waals surface area contributed by atoms with Crippen LogP contribution in [0.15, 0.2) is 0 Å². The Kier molecular flexibility index (Phi) is 5.28. The van der Waals surface area contributed by atoms with Gasteiger partial charge in [0.25, 0.3) is 0 Å². The lowest BCUT2D eigenvalue weighted by molar-refractivity contribution is 0.379. The van der Waals surface area contributed by atoms with Crippen molar-refractivity contribution in [3.8, 4) is 6.01 Å². The Labute approximate surface area is 124 Å². The predicted octanol–water partition coefficient (Wildman–Crippen LogP) is 2.40. The smallest absolute Gasteiger partial charge is 0.322 e. The van der Waals surface area contributed by atoms with Crippen molar-refractivity contribution in [1.82, 2.24) is 15.0 Å². The number of methoxy groups -OCH3 is 1. The molecule has 0 radical (unpaired) electrons. The van der Waals surface area contributed by atoms with Gasteiger partial charge in [-0.15, -0.1) is 0 Å². The molecule has 2 rings (SSSR count). The van der Waals surface area contributed by atoms with Gasteiger partial charge in [-0.1, -0.05) is 6.92 Å². The number of ether oxygens (including phenoxy) is 1. The van der Waals surface area contributed by atoms with E-state index in [2.05, 4.69) is 39.4 Å². The summed E-state index contributed by atoms with van der Waals surface area (Å²) < 4.78 is 5.40. The van der Waals surface area contributed by atoms with Crippen molar-refractivity contribution in [1.29, 1.82) is 0 Å². The van der Waals surface area contributed by atoms with Gasteiger partial charge in [-0.25, -0.2) is 0 Å². The molecule has 1 unspecified atom stereocenters. The normalized spacial score (nSPS) is 21.8. The summed E-state index contributed by atoms with van der Waals surface area (Å²) in [5, 5.41) is 6.48. The zero-order valence-electron chi connectivity index (χ0n) is 12.4. The van der Waals surface area contributed by atoms with E-state index < -0.39 is 0 Å². The molecule has 7 heteroatoms. The van der Waals surface area contributed by atoms with Crippen molar-refractivity contribution in [3.05, 3.63) is 0 Å². The third kappa shape index (κ3) is 4.13. The molecular formula is C13H23N5OS. The highest BCUT2D eigenvalue weighted by Gasteiger charge is 2.29. The Hall–Kier alpha value is -1.24. The average molecular weight is 297 g/mol. The Morgan fingerprint density at radius 3 is 2.60 bits per heavy atom. The quantitative estimate of drug-likeness (QED) is 0.800. The second-order valence-electron chi connectivity index (χ2n) is 5.15. The van der Waals surface area contributed by atoms with E-state index >= 15 is 0 Å². The first-order valence-corrected chi connectivity index (χ1v) is 8.05. The summed E-state index contributed by atoms with van der Waals surface area (Å²) in [6.07, 6.45) is 3.53. The molecule has 1 aliphatic rings. The van der Waals surface area contributed by atoms with Crippen LogP contribution in [0.1, 0.15) is 33.1 Å². The third-order valence-corrected chi connectivity index (χ3v) is 4.79. The molecule has 0 aliphatic carbocycles. The number of hydrogen-bond donors (Lipinski definition) is 2. The second kappa shape index (κ2) is 6.97. The summed E-state index contributed by atoms with van der Waals surface area (Å²) in [5.74, 6) is 2.37. The first-order valence-electron chi connectivity index (χ1n) is 7.07. The highest BCUT2D eigenvalue weighted by atomic mass is 32.2. The van der Waals surface area contributed by atoms with Crippen LogP contribution in [-0.2, 0) is 0 Å². The summed E-state index contributed by atoms with van der Waals surface area (Å²) >= 11 is 2.01. The van der Waals surface area contributed by atoms with Crippen molar-refractivity contribution in [3.63, 3.8) is 0 Å². The Morgan fingerprint density at radius 1 is 1.25 bits per heavy atom. The highest BCUT2D eigenvalue weighted by Crippen LogP contribution is 2.37. The fourth-order valence-corrected chi connectivity index (χ4v) is 3.33. The maximum Gasteiger partial charge on any atom is 0.322 e. The van der Waals surface area contributed by atoms with Crippen molar-refractivity contribution < 1.29 is 4.74 Å². The van der Waals surface area contributed by atoms with Gasteiger partial charge in [-0.05, 0) is 31.9 Å². The molecule has 1 aromatic heterocycles. The molecule has 2 heterocycles. The highest BCUT2D eigenvalue weighted by molar-refractivity contribution is 8.00. The van der Waals surface area contributed by atoms with Gasteiger partial charge in [0.1, 0.15) is 0 Å². The number of thioether (sulfide) groups is 1. The van der Waals surface area contributed by atoms with Gasteiger partial charge in [0.2, 0.25) is 11.9 Å². The lowest BCUT2D eigenvalue weighted by Crippen LogP contribution is -2.28. The Morgan fingerprint density at radius 2 is 2.00 bits per heavy atom. The van der Waals surface area contributed by atoms with Gasteiger partial charge < -0.3 is 15.4 Å². The van der Waals surface area contributed by atoms with E-state index in [0.717, 1.165) is 19.5 Å². The molecular weight excluding hydrogens is 274 g/mol. The molecule has 20 heavy (non-hydrogen) atoms. The summed E-state index contributed by atoms with van der Waals surface area (Å²) in [4.78, 5) is 12.8. The molecule has 0 amide bonds. The molecule has 1 fully saturated rings. The van der Waals surface area contributed by atoms with Crippen LogP contribution in [-0.4, -0.2) is 45.7 Å². The number of nitrogens with one attached hydrogen (secondary N) is 2. The van der Waals surface area contributed by atoms with Crippen molar-refractivity contribution >= 4 is 23.7 Å². The van der Waals surface area contributed by atoms with Crippen LogP contribution < -0.4 is 15.4 Å². The number of nitrogens with zero attached hydrogens (tertiary/aromatic N) is 3. The number of rotatable bonds is 7. The first-order chi connectivity index (χ1) is 9.65. The van der Waals surface area contributed by atoms with Crippen LogP contribution in [0.3, 0.4) is 0 Å². The average Bonchev–Trinajstić information content (AvgIpc) is 2.90. The zero-order chi connectivity index (χ0) is 14.4. The minimum absolute atomic E-state index is 0.275. The number of anilines is 2.